The molecule has 0 unspecified atom stereocenters. The quantitative estimate of drug-likeness (QED) is 0.195. The smallest absolute Gasteiger partial charge is 0.331 e. The van der Waals surface area contributed by atoms with Crippen LogP contribution < -0.4 is 0 Å². The summed E-state index contributed by atoms with van der Waals surface area (Å²) in [5.74, 6) is 4.97. The van der Waals surface area contributed by atoms with E-state index in [9.17, 15) is 4.79 Å². The molecule has 3 fully saturated rings. The summed E-state index contributed by atoms with van der Waals surface area (Å²) in [4.78, 5) is 12.6. The maximum Gasteiger partial charge on any atom is 0.331 e. The summed E-state index contributed by atoms with van der Waals surface area (Å²) >= 11 is 0. The third-order valence-corrected chi connectivity index (χ3v) is 11.8. The van der Waals surface area contributed by atoms with E-state index >= 15 is 0 Å². The fourth-order valence-electron chi connectivity index (χ4n) is 9.68. The highest BCUT2D eigenvalue weighted by molar-refractivity contribution is 5.87. The Labute approximate surface area is 232 Å². The van der Waals surface area contributed by atoms with Crippen molar-refractivity contribution in [2.24, 2.45) is 46.3 Å². The number of hydrogen-bond acceptors (Lipinski definition) is 2. The number of allylic oxidation sites excluding steroid dienone is 1. The van der Waals surface area contributed by atoms with Gasteiger partial charge in [0.2, 0.25) is 0 Å². The van der Waals surface area contributed by atoms with Gasteiger partial charge in [0.05, 0.1) is 0 Å². The average molecular weight is 517 g/mol. The number of carbonyl (C=O) groups is 1. The highest BCUT2D eigenvalue weighted by Crippen LogP contribution is 2.67. The molecular formula is C36H52O2. The van der Waals surface area contributed by atoms with Gasteiger partial charge >= 0.3 is 5.97 Å². The lowest BCUT2D eigenvalue weighted by molar-refractivity contribution is -0.145. The molecule has 0 heterocycles. The van der Waals surface area contributed by atoms with Gasteiger partial charge in [0.1, 0.15) is 6.10 Å². The van der Waals surface area contributed by atoms with Crippen LogP contribution in [-0.2, 0) is 9.53 Å². The van der Waals surface area contributed by atoms with Crippen LogP contribution in [0.5, 0.6) is 0 Å². The van der Waals surface area contributed by atoms with Crippen LogP contribution in [0.4, 0.5) is 0 Å². The summed E-state index contributed by atoms with van der Waals surface area (Å²) in [6.45, 7) is 12.6. The van der Waals surface area contributed by atoms with Gasteiger partial charge < -0.3 is 4.74 Å². The largest absolute Gasteiger partial charge is 0.459 e. The molecule has 0 aromatic heterocycles. The minimum atomic E-state index is -0.204. The molecule has 208 valence electrons. The van der Waals surface area contributed by atoms with Crippen LogP contribution in [-0.4, -0.2) is 12.1 Å². The molecule has 0 radical (unpaired) electrons. The standard InChI is InChI=1S/C36H52O2/c1-25(2)10-9-11-26(3)31-17-18-32-30-16-15-28-24-29(38-34(37)19-14-27-12-7-6-8-13-27)20-22-35(28,4)33(30)21-23-36(31,32)5/h6-8,12-15,19,25-26,29-33H,9-11,16-18,20-24H2,1-5H3/b19-14+/t26-,29+,30-,31+,32-,33-,35+,36+/m1/s1. The topological polar surface area (TPSA) is 26.3 Å². The number of hydrogen-bond donors (Lipinski definition) is 0. The normalized spacial score (nSPS) is 37.3. The number of rotatable bonds is 8. The minimum absolute atomic E-state index is 0.0233. The molecule has 1 aromatic rings. The van der Waals surface area contributed by atoms with Gasteiger partial charge in [0.15, 0.2) is 0 Å². The Hall–Kier alpha value is -1.83. The van der Waals surface area contributed by atoms with E-state index in [1.54, 1.807) is 11.6 Å². The Morgan fingerprint density at radius 1 is 1.00 bits per heavy atom. The van der Waals surface area contributed by atoms with E-state index in [4.69, 9.17) is 4.74 Å². The summed E-state index contributed by atoms with van der Waals surface area (Å²) < 4.78 is 5.95. The maximum absolute atomic E-state index is 12.6. The highest BCUT2D eigenvalue weighted by Gasteiger charge is 2.59. The van der Waals surface area contributed by atoms with Gasteiger partial charge in [-0.15, -0.1) is 0 Å². The zero-order valence-electron chi connectivity index (χ0n) is 24.8. The predicted molar refractivity (Wildman–Crippen MR) is 158 cm³/mol. The molecule has 0 bridgehead atoms. The van der Waals surface area contributed by atoms with E-state index in [2.05, 4.69) is 40.7 Å². The summed E-state index contributed by atoms with van der Waals surface area (Å²) in [5, 5.41) is 0. The number of esters is 1. The first-order valence-electron chi connectivity index (χ1n) is 15.8. The molecule has 8 atom stereocenters. The number of carbonyl (C=O) groups excluding carboxylic acids is 1. The molecule has 0 aliphatic heterocycles. The van der Waals surface area contributed by atoms with Crippen molar-refractivity contribution in [2.75, 3.05) is 0 Å². The highest BCUT2D eigenvalue weighted by atomic mass is 16.5. The minimum Gasteiger partial charge on any atom is -0.459 e. The first-order valence-corrected chi connectivity index (χ1v) is 15.8. The molecule has 38 heavy (non-hydrogen) atoms. The van der Waals surface area contributed by atoms with Gasteiger partial charge in [-0.25, -0.2) is 4.79 Å². The van der Waals surface area contributed by atoms with Crippen molar-refractivity contribution in [2.45, 2.75) is 111 Å². The average Bonchev–Trinajstić information content (AvgIpc) is 3.25. The van der Waals surface area contributed by atoms with Crippen LogP contribution in [0, 0.1) is 46.3 Å². The molecular weight excluding hydrogens is 464 g/mol. The second kappa shape index (κ2) is 11.3. The van der Waals surface area contributed by atoms with Crippen molar-refractivity contribution < 1.29 is 9.53 Å². The van der Waals surface area contributed by atoms with Gasteiger partial charge in [0.25, 0.3) is 0 Å². The van der Waals surface area contributed by atoms with E-state index in [1.807, 2.05) is 36.4 Å². The first-order chi connectivity index (χ1) is 18.2. The van der Waals surface area contributed by atoms with Crippen LogP contribution in [0.15, 0.2) is 48.1 Å². The van der Waals surface area contributed by atoms with E-state index in [0.29, 0.717) is 10.8 Å². The first kappa shape index (κ1) is 27.7. The van der Waals surface area contributed by atoms with E-state index in [1.165, 1.54) is 57.8 Å². The van der Waals surface area contributed by atoms with Crippen LogP contribution in [0.2, 0.25) is 0 Å². The molecule has 2 nitrogen and oxygen atoms in total. The molecule has 5 rings (SSSR count). The van der Waals surface area contributed by atoms with Crippen molar-refractivity contribution in [1.29, 1.82) is 0 Å². The number of ether oxygens (including phenoxy) is 1. The van der Waals surface area contributed by atoms with Crippen molar-refractivity contribution in [3.8, 4) is 0 Å². The zero-order valence-corrected chi connectivity index (χ0v) is 24.8. The summed E-state index contributed by atoms with van der Waals surface area (Å²) in [6.07, 6.45) is 20.3. The lowest BCUT2D eigenvalue weighted by Gasteiger charge is -2.58. The second-order valence-corrected chi connectivity index (χ2v) is 14.3. The number of benzene rings is 1. The van der Waals surface area contributed by atoms with E-state index in [0.717, 1.165) is 53.9 Å². The Morgan fingerprint density at radius 3 is 2.55 bits per heavy atom. The van der Waals surface area contributed by atoms with Gasteiger partial charge in [-0.2, -0.15) is 0 Å². The predicted octanol–water partition coefficient (Wildman–Crippen LogP) is 9.65. The van der Waals surface area contributed by atoms with Crippen molar-refractivity contribution >= 4 is 12.0 Å². The number of fused-ring (bicyclic) bond motifs is 5. The third kappa shape index (κ3) is 5.44. The summed E-state index contributed by atoms with van der Waals surface area (Å²) in [6, 6.07) is 9.99. The fourth-order valence-corrected chi connectivity index (χ4v) is 9.68. The van der Waals surface area contributed by atoms with Crippen molar-refractivity contribution in [3.63, 3.8) is 0 Å². The Morgan fingerprint density at radius 2 is 1.79 bits per heavy atom. The second-order valence-electron chi connectivity index (χ2n) is 14.3. The Kier molecular flexibility index (Phi) is 8.28. The van der Waals surface area contributed by atoms with Crippen LogP contribution in [0.25, 0.3) is 6.08 Å². The molecule has 3 saturated carbocycles. The molecule has 0 amide bonds. The van der Waals surface area contributed by atoms with Gasteiger partial charge in [0, 0.05) is 12.5 Å². The molecule has 2 heteroatoms. The van der Waals surface area contributed by atoms with Crippen LogP contribution in [0.3, 0.4) is 0 Å². The van der Waals surface area contributed by atoms with Gasteiger partial charge in [-0.05, 0) is 103 Å². The van der Waals surface area contributed by atoms with E-state index < -0.39 is 0 Å². The molecule has 4 aliphatic carbocycles. The molecule has 0 spiro atoms. The maximum atomic E-state index is 12.6. The molecule has 0 N–H and O–H groups in total. The molecule has 4 aliphatic rings. The third-order valence-electron chi connectivity index (χ3n) is 11.8. The summed E-state index contributed by atoms with van der Waals surface area (Å²) in [7, 11) is 0. The van der Waals surface area contributed by atoms with Gasteiger partial charge in [-0.3, -0.25) is 0 Å². The zero-order chi connectivity index (χ0) is 26.9. The fraction of sp³-hybridized carbons (Fsp3) is 0.694. The SMILES string of the molecule is CC(C)CCC[C@@H](C)[C@@H]1CC[C@@H]2[C@H]3CC=C4C[C@@H](OC(=O)/C=C/c5ccccc5)CC[C@]4(C)[C@@H]3CC[C@]21C. The van der Waals surface area contributed by atoms with Gasteiger partial charge in [-0.1, -0.05) is 95.9 Å². The van der Waals surface area contributed by atoms with Crippen molar-refractivity contribution in [3.05, 3.63) is 53.6 Å². The Bertz CT molecular complexity index is 1020. The lowest BCUT2D eigenvalue weighted by atomic mass is 9.47. The van der Waals surface area contributed by atoms with Crippen molar-refractivity contribution in [1.82, 2.24) is 0 Å². The summed E-state index contributed by atoms with van der Waals surface area (Å²) in [5.41, 5.74) is 3.46. The Balaban J connectivity index is 1.22. The van der Waals surface area contributed by atoms with Crippen LogP contribution >= 0.6 is 0 Å². The van der Waals surface area contributed by atoms with E-state index in [-0.39, 0.29) is 12.1 Å². The molecule has 1 aromatic carbocycles. The lowest BCUT2D eigenvalue weighted by Crippen LogP contribution is -2.51. The monoisotopic (exact) mass is 516 g/mol. The molecule has 0 saturated heterocycles. The van der Waals surface area contributed by atoms with Crippen LogP contribution in [0.1, 0.15) is 111 Å².